The van der Waals surface area contributed by atoms with E-state index in [0.717, 1.165) is 0 Å². The lowest BCUT2D eigenvalue weighted by Crippen LogP contribution is -3.00. The lowest BCUT2D eigenvalue weighted by molar-refractivity contribution is -0.925. The molecule has 0 heterocycles. The topological polar surface area (TPSA) is 36.5 Å². The van der Waals surface area contributed by atoms with Crippen LogP contribution in [0.25, 0.3) is 0 Å². The summed E-state index contributed by atoms with van der Waals surface area (Å²) in [6, 6.07) is 0. The molecule has 0 aromatic carbocycles. The molecule has 0 aliphatic carbocycles. The molecule has 0 spiro atoms. The first-order chi connectivity index (χ1) is 10.2. The Hall–Kier alpha value is 0.880. The molecule has 0 aromatic rings. The van der Waals surface area contributed by atoms with Crippen LogP contribution in [-0.4, -0.2) is 30.7 Å². The Bertz CT molecular complexity index is 210. The largest absolute Gasteiger partial charge is 1.00 e. The van der Waals surface area contributed by atoms with Crippen LogP contribution in [0.3, 0.4) is 0 Å². The molecule has 0 aromatic heterocycles. The average molecular weight is 476 g/mol. The van der Waals surface area contributed by atoms with Crippen LogP contribution in [0, 0.1) is 0 Å². The molecule has 0 amide bonds. The zero-order chi connectivity index (χ0) is 15.8. The summed E-state index contributed by atoms with van der Waals surface area (Å²) < 4.78 is 1.37. The second-order valence-electron chi connectivity index (χ2n) is 6.96. The highest BCUT2D eigenvalue weighted by atomic mass is 79.9. The fourth-order valence-electron chi connectivity index (χ4n) is 3.40. The molecule has 24 heavy (non-hydrogen) atoms. The zero-order valence-corrected chi connectivity index (χ0v) is 20.7. The summed E-state index contributed by atoms with van der Waals surface area (Å²) >= 11 is 0. The molecule has 0 atom stereocenters. The summed E-state index contributed by atoms with van der Waals surface area (Å²) in [6.45, 7) is 14.9. The summed E-state index contributed by atoms with van der Waals surface area (Å²) in [5.74, 6) is 0. The predicted molar refractivity (Wildman–Crippen MR) is 104 cm³/mol. The standard InChI is InChI=1S/C20H44N.2BrH.H3N/c1-5-9-11-12-13-14-15-16-17-18-20-21(7-3,8-4)19-10-6-2;;;/h5-20H2,1-4H3;2*1H;1H3/q+1;;;/p-1. The van der Waals surface area contributed by atoms with Crippen molar-refractivity contribution < 1.29 is 38.4 Å². The van der Waals surface area contributed by atoms with E-state index in [1.54, 1.807) is 0 Å². The monoisotopic (exact) mass is 474 g/mol. The number of rotatable bonds is 16. The van der Waals surface area contributed by atoms with Crippen molar-refractivity contribution in [3.05, 3.63) is 0 Å². The maximum Gasteiger partial charge on any atom is 0.0786 e. The van der Waals surface area contributed by atoms with Crippen molar-refractivity contribution in [1.29, 1.82) is 0 Å². The SMILES string of the molecule is CCCCCCCCCCCC[N+](CC)(CC)CCCC.[Br-].[Br-].[NH4+]. The fourth-order valence-corrected chi connectivity index (χ4v) is 3.40. The van der Waals surface area contributed by atoms with Crippen LogP contribution in [0.5, 0.6) is 0 Å². The molecular formula is C20H48Br2N2. The molecule has 2 nitrogen and oxygen atoms in total. The van der Waals surface area contributed by atoms with E-state index >= 15 is 0 Å². The van der Waals surface area contributed by atoms with Crippen LogP contribution < -0.4 is 40.1 Å². The summed E-state index contributed by atoms with van der Waals surface area (Å²) in [4.78, 5) is 0. The number of quaternary nitrogens is 2. The van der Waals surface area contributed by atoms with Crippen LogP contribution in [0.15, 0.2) is 0 Å². The molecule has 0 saturated heterocycles. The third-order valence-electron chi connectivity index (χ3n) is 5.31. The second-order valence-corrected chi connectivity index (χ2v) is 6.96. The van der Waals surface area contributed by atoms with Gasteiger partial charge in [0.25, 0.3) is 0 Å². The number of hydrogen-bond donors (Lipinski definition) is 1. The van der Waals surface area contributed by atoms with Crippen molar-refractivity contribution >= 4 is 0 Å². The van der Waals surface area contributed by atoms with E-state index in [1.165, 1.54) is 108 Å². The molecule has 4 N–H and O–H groups in total. The first-order valence-corrected chi connectivity index (χ1v) is 10.1. The second kappa shape index (κ2) is 23.9. The Balaban J connectivity index is -0.000000667. The van der Waals surface area contributed by atoms with Crippen molar-refractivity contribution in [2.24, 2.45) is 0 Å². The Morgan fingerprint density at radius 3 is 1.17 bits per heavy atom. The fraction of sp³-hybridized carbons (Fsp3) is 1.00. The van der Waals surface area contributed by atoms with Crippen molar-refractivity contribution in [2.45, 2.75) is 105 Å². The zero-order valence-electron chi connectivity index (χ0n) is 17.5. The van der Waals surface area contributed by atoms with Gasteiger partial charge >= 0.3 is 0 Å². The van der Waals surface area contributed by atoms with E-state index in [-0.39, 0.29) is 40.1 Å². The molecule has 0 radical (unpaired) electrons. The van der Waals surface area contributed by atoms with Crippen LogP contribution in [-0.2, 0) is 0 Å². The van der Waals surface area contributed by atoms with Crippen LogP contribution in [0.2, 0.25) is 0 Å². The molecule has 152 valence electrons. The Kier molecular flexibility index (Phi) is 32.4. The lowest BCUT2D eigenvalue weighted by Gasteiger charge is -2.37. The first kappa shape index (κ1) is 32.5. The minimum absolute atomic E-state index is 0. The van der Waals surface area contributed by atoms with Gasteiger partial charge in [-0.25, -0.2) is 0 Å². The maximum absolute atomic E-state index is 2.38. The van der Waals surface area contributed by atoms with Crippen molar-refractivity contribution in [1.82, 2.24) is 6.15 Å². The highest BCUT2D eigenvalue weighted by molar-refractivity contribution is 4.49. The molecule has 0 aliphatic rings. The van der Waals surface area contributed by atoms with Gasteiger partial charge in [-0.2, -0.15) is 0 Å². The van der Waals surface area contributed by atoms with Gasteiger partial charge in [0.15, 0.2) is 0 Å². The minimum Gasteiger partial charge on any atom is -1.00 e. The summed E-state index contributed by atoms with van der Waals surface area (Å²) in [5, 5.41) is 0. The first-order valence-electron chi connectivity index (χ1n) is 10.1. The Morgan fingerprint density at radius 2 is 0.792 bits per heavy atom. The van der Waals surface area contributed by atoms with Gasteiger partial charge < -0.3 is 44.6 Å². The van der Waals surface area contributed by atoms with Crippen molar-refractivity contribution in [2.75, 3.05) is 26.2 Å². The third-order valence-corrected chi connectivity index (χ3v) is 5.31. The smallest absolute Gasteiger partial charge is 0.0786 e. The third kappa shape index (κ3) is 17.7. The van der Waals surface area contributed by atoms with Gasteiger partial charge in [0.2, 0.25) is 0 Å². The van der Waals surface area contributed by atoms with Crippen molar-refractivity contribution in [3.63, 3.8) is 0 Å². The highest BCUT2D eigenvalue weighted by Gasteiger charge is 2.21. The van der Waals surface area contributed by atoms with E-state index in [2.05, 4.69) is 27.7 Å². The molecule has 0 unspecified atom stereocenters. The van der Waals surface area contributed by atoms with Gasteiger partial charge in [0.05, 0.1) is 26.2 Å². The van der Waals surface area contributed by atoms with Crippen LogP contribution in [0.4, 0.5) is 0 Å². The molecular weight excluding hydrogens is 428 g/mol. The van der Waals surface area contributed by atoms with Crippen LogP contribution in [0.1, 0.15) is 105 Å². The van der Waals surface area contributed by atoms with Gasteiger partial charge in [0, 0.05) is 0 Å². The Morgan fingerprint density at radius 1 is 0.458 bits per heavy atom. The number of hydrogen-bond acceptors (Lipinski definition) is 0. The lowest BCUT2D eigenvalue weighted by atomic mass is 10.1. The predicted octanol–water partition coefficient (Wildman–Crippen LogP) is 0.948. The van der Waals surface area contributed by atoms with E-state index in [4.69, 9.17) is 0 Å². The van der Waals surface area contributed by atoms with E-state index < -0.39 is 0 Å². The van der Waals surface area contributed by atoms with Gasteiger partial charge in [-0.05, 0) is 33.1 Å². The van der Waals surface area contributed by atoms with Gasteiger partial charge in [-0.1, -0.05) is 71.6 Å². The normalized spacial score (nSPS) is 10.5. The molecule has 0 aliphatic heterocycles. The molecule has 4 heteroatoms. The van der Waals surface area contributed by atoms with Gasteiger partial charge in [-0.3, -0.25) is 0 Å². The van der Waals surface area contributed by atoms with Crippen molar-refractivity contribution in [3.8, 4) is 0 Å². The van der Waals surface area contributed by atoms with E-state index in [1.807, 2.05) is 0 Å². The van der Waals surface area contributed by atoms with E-state index in [0.29, 0.717) is 0 Å². The highest BCUT2D eigenvalue weighted by Crippen LogP contribution is 2.14. The van der Waals surface area contributed by atoms with Gasteiger partial charge in [-0.15, -0.1) is 0 Å². The average Bonchev–Trinajstić information content (AvgIpc) is 2.52. The summed E-state index contributed by atoms with van der Waals surface area (Å²) in [7, 11) is 0. The summed E-state index contributed by atoms with van der Waals surface area (Å²) in [5.41, 5.74) is 0. The number of unbranched alkanes of at least 4 members (excludes halogenated alkanes) is 10. The van der Waals surface area contributed by atoms with E-state index in [9.17, 15) is 0 Å². The summed E-state index contributed by atoms with van der Waals surface area (Å²) in [6.07, 6.45) is 17.3. The molecule has 0 rings (SSSR count). The quantitative estimate of drug-likeness (QED) is 0.255. The maximum atomic E-state index is 2.38. The molecule has 0 fully saturated rings. The minimum atomic E-state index is 0. The Labute approximate surface area is 175 Å². The number of nitrogens with zero attached hydrogens (tertiary/aromatic N) is 1. The van der Waals surface area contributed by atoms with Crippen LogP contribution >= 0.6 is 0 Å². The molecule has 0 bridgehead atoms. The van der Waals surface area contributed by atoms with Gasteiger partial charge in [0.1, 0.15) is 0 Å². The number of halogens is 2. The molecule has 0 saturated carbocycles.